The Kier molecular flexibility index (Phi) is 6.24. The van der Waals surface area contributed by atoms with Crippen molar-refractivity contribution < 1.29 is 19.4 Å². The summed E-state index contributed by atoms with van der Waals surface area (Å²) in [5, 5.41) is 12.0. The Morgan fingerprint density at radius 1 is 0.971 bits per heavy atom. The van der Waals surface area contributed by atoms with Crippen molar-refractivity contribution in [3.63, 3.8) is 0 Å². The van der Waals surface area contributed by atoms with Crippen LogP contribution in [-0.2, 0) is 15.0 Å². The normalized spacial score (nSPS) is 17.8. The molecule has 6 heteroatoms. The topological polar surface area (TPSA) is 66.8 Å². The van der Waals surface area contributed by atoms with Crippen molar-refractivity contribution in [3.05, 3.63) is 100 Å². The van der Waals surface area contributed by atoms with Crippen LogP contribution in [0.15, 0.2) is 78.4 Å². The zero-order valence-electron chi connectivity index (χ0n) is 19.5. The molecule has 1 aliphatic heterocycles. The van der Waals surface area contributed by atoms with E-state index in [0.29, 0.717) is 27.6 Å². The maximum atomic E-state index is 13.4. The maximum absolute atomic E-state index is 13.4. The molecule has 1 atom stereocenters. The Bertz CT molecular complexity index is 1290. The quantitative estimate of drug-likeness (QED) is 0.274. The summed E-state index contributed by atoms with van der Waals surface area (Å²) in [5.41, 5.74) is 2.27. The van der Waals surface area contributed by atoms with Gasteiger partial charge in [-0.15, -0.1) is 0 Å². The molecule has 0 spiro atoms. The van der Waals surface area contributed by atoms with Crippen LogP contribution in [-0.4, -0.2) is 23.9 Å². The lowest BCUT2D eigenvalue weighted by molar-refractivity contribution is -0.132. The van der Waals surface area contributed by atoms with Gasteiger partial charge in [0.2, 0.25) is 0 Å². The second-order valence-electron chi connectivity index (χ2n) is 9.22. The van der Waals surface area contributed by atoms with E-state index in [2.05, 4.69) is 20.8 Å². The van der Waals surface area contributed by atoms with E-state index in [-0.39, 0.29) is 16.7 Å². The third-order valence-electron chi connectivity index (χ3n) is 5.97. The molecule has 5 nitrogen and oxygen atoms in total. The van der Waals surface area contributed by atoms with Gasteiger partial charge < -0.3 is 9.84 Å². The number of ketones is 1. The Hall–Kier alpha value is -3.57. The van der Waals surface area contributed by atoms with Crippen LogP contribution in [0.3, 0.4) is 0 Å². The van der Waals surface area contributed by atoms with E-state index < -0.39 is 17.7 Å². The average Bonchev–Trinajstić information content (AvgIpc) is 3.08. The molecule has 1 fully saturated rings. The van der Waals surface area contributed by atoms with E-state index in [1.165, 1.54) is 12.0 Å². The third-order valence-corrected chi connectivity index (χ3v) is 6.20. The number of halogens is 1. The third kappa shape index (κ3) is 4.19. The maximum Gasteiger partial charge on any atom is 0.300 e. The summed E-state index contributed by atoms with van der Waals surface area (Å²) in [6.45, 7) is 6.17. The minimum Gasteiger partial charge on any atom is -0.507 e. The minimum absolute atomic E-state index is 0.000495. The molecule has 4 rings (SSSR count). The van der Waals surface area contributed by atoms with Crippen molar-refractivity contribution >= 4 is 34.7 Å². The highest BCUT2D eigenvalue weighted by Gasteiger charge is 2.47. The Morgan fingerprint density at radius 2 is 1.68 bits per heavy atom. The summed E-state index contributed by atoms with van der Waals surface area (Å²) in [5.74, 6) is -1.37. The molecule has 0 saturated carbocycles. The largest absolute Gasteiger partial charge is 0.507 e. The molecule has 3 aromatic carbocycles. The van der Waals surface area contributed by atoms with Crippen LogP contribution in [0.1, 0.15) is 43.5 Å². The lowest BCUT2D eigenvalue weighted by Gasteiger charge is -2.26. The van der Waals surface area contributed by atoms with Gasteiger partial charge in [-0.25, -0.2) is 0 Å². The summed E-state index contributed by atoms with van der Waals surface area (Å²) in [6.07, 6.45) is 0. The summed E-state index contributed by atoms with van der Waals surface area (Å²) >= 11 is 6.19. The molecule has 1 unspecified atom stereocenters. The lowest BCUT2D eigenvalue weighted by atomic mass is 9.85. The molecule has 34 heavy (non-hydrogen) atoms. The number of amides is 1. The standard InChI is InChI=1S/C28H26ClNO4/c1-28(2,3)18-13-14-22(34-4)21(15-18)25(31)23-24(17-9-6-5-7-10-17)30(27(33)26(23)32)20-12-8-11-19(29)16-20/h5-16,24,31H,1-4H3/b25-23+. The van der Waals surface area contributed by atoms with Gasteiger partial charge in [0.1, 0.15) is 11.5 Å². The highest BCUT2D eigenvalue weighted by atomic mass is 35.5. The molecule has 1 amide bonds. The van der Waals surface area contributed by atoms with Gasteiger partial charge in [0.05, 0.1) is 24.3 Å². The first-order valence-corrected chi connectivity index (χ1v) is 11.3. The molecular formula is C28H26ClNO4. The number of hydrogen-bond donors (Lipinski definition) is 1. The summed E-state index contributed by atoms with van der Waals surface area (Å²) < 4.78 is 5.50. The van der Waals surface area contributed by atoms with Crippen LogP contribution in [0.25, 0.3) is 5.76 Å². The number of rotatable bonds is 4. The van der Waals surface area contributed by atoms with Gasteiger partial charge in [-0.3, -0.25) is 14.5 Å². The zero-order valence-corrected chi connectivity index (χ0v) is 20.3. The SMILES string of the molecule is COc1ccc(C(C)(C)C)cc1/C(O)=C1\C(=O)C(=O)N(c2cccc(Cl)c2)C1c1ccccc1. The van der Waals surface area contributed by atoms with Crippen molar-refractivity contribution in [2.75, 3.05) is 12.0 Å². The van der Waals surface area contributed by atoms with Gasteiger partial charge in [-0.2, -0.15) is 0 Å². The number of carbonyl (C=O) groups is 2. The molecule has 1 aliphatic rings. The van der Waals surface area contributed by atoms with E-state index in [1.807, 2.05) is 42.5 Å². The van der Waals surface area contributed by atoms with Crippen molar-refractivity contribution in [1.82, 2.24) is 0 Å². The molecule has 1 N–H and O–H groups in total. The number of benzene rings is 3. The molecule has 174 valence electrons. The van der Waals surface area contributed by atoms with Crippen LogP contribution < -0.4 is 9.64 Å². The number of aliphatic hydroxyl groups is 1. The van der Waals surface area contributed by atoms with Crippen molar-refractivity contribution in [2.45, 2.75) is 32.2 Å². The van der Waals surface area contributed by atoms with Gasteiger partial charge in [0, 0.05) is 10.7 Å². The second kappa shape index (κ2) is 8.99. The second-order valence-corrected chi connectivity index (χ2v) is 9.66. The first-order valence-electron chi connectivity index (χ1n) is 10.9. The van der Waals surface area contributed by atoms with Gasteiger partial charge in [0.15, 0.2) is 0 Å². The van der Waals surface area contributed by atoms with Crippen LogP contribution in [0.5, 0.6) is 5.75 Å². The fraction of sp³-hybridized carbons (Fsp3) is 0.214. The number of aliphatic hydroxyl groups excluding tert-OH is 1. The van der Waals surface area contributed by atoms with Crippen LogP contribution in [0, 0.1) is 0 Å². The number of hydrogen-bond acceptors (Lipinski definition) is 4. The van der Waals surface area contributed by atoms with Crippen molar-refractivity contribution in [1.29, 1.82) is 0 Å². The predicted molar refractivity (Wildman–Crippen MR) is 134 cm³/mol. The number of carbonyl (C=O) groups excluding carboxylic acids is 2. The Balaban J connectivity index is 1.99. The van der Waals surface area contributed by atoms with E-state index in [0.717, 1.165) is 5.56 Å². The zero-order chi connectivity index (χ0) is 24.6. The van der Waals surface area contributed by atoms with E-state index in [4.69, 9.17) is 16.3 Å². The first kappa shape index (κ1) is 23.6. The first-order chi connectivity index (χ1) is 16.1. The van der Waals surface area contributed by atoms with Gasteiger partial charge >= 0.3 is 0 Å². The lowest BCUT2D eigenvalue weighted by Crippen LogP contribution is -2.29. The molecule has 0 aliphatic carbocycles. The molecular weight excluding hydrogens is 450 g/mol. The molecule has 0 radical (unpaired) electrons. The van der Waals surface area contributed by atoms with Gasteiger partial charge in [-0.1, -0.05) is 74.8 Å². The smallest absolute Gasteiger partial charge is 0.300 e. The molecule has 0 bridgehead atoms. The summed E-state index contributed by atoms with van der Waals surface area (Å²) in [7, 11) is 1.50. The van der Waals surface area contributed by atoms with E-state index >= 15 is 0 Å². The number of nitrogens with zero attached hydrogens (tertiary/aromatic N) is 1. The molecule has 3 aromatic rings. The number of ether oxygens (including phenoxy) is 1. The van der Waals surface area contributed by atoms with Crippen LogP contribution in [0.2, 0.25) is 5.02 Å². The van der Waals surface area contributed by atoms with Crippen LogP contribution in [0.4, 0.5) is 5.69 Å². The molecule has 1 heterocycles. The Morgan fingerprint density at radius 3 is 2.29 bits per heavy atom. The average molecular weight is 476 g/mol. The van der Waals surface area contributed by atoms with Crippen molar-refractivity contribution in [3.8, 4) is 5.75 Å². The van der Waals surface area contributed by atoms with Crippen molar-refractivity contribution in [2.24, 2.45) is 0 Å². The predicted octanol–water partition coefficient (Wildman–Crippen LogP) is 6.27. The van der Waals surface area contributed by atoms with Gasteiger partial charge in [0.25, 0.3) is 11.7 Å². The summed E-state index contributed by atoms with van der Waals surface area (Å²) in [6, 6.07) is 20.6. The van der Waals surface area contributed by atoms with E-state index in [9.17, 15) is 14.7 Å². The van der Waals surface area contributed by atoms with E-state index in [1.54, 1.807) is 30.3 Å². The monoisotopic (exact) mass is 475 g/mol. The fourth-order valence-electron chi connectivity index (χ4n) is 4.18. The number of anilines is 1. The highest BCUT2D eigenvalue weighted by Crippen LogP contribution is 2.44. The van der Waals surface area contributed by atoms with Gasteiger partial charge in [-0.05, 0) is 46.9 Å². The Labute approximate surface area is 204 Å². The van der Waals surface area contributed by atoms with Crippen LogP contribution >= 0.6 is 11.6 Å². The molecule has 1 saturated heterocycles. The minimum atomic E-state index is -0.831. The number of methoxy groups -OCH3 is 1. The highest BCUT2D eigenvalue weighted by molar-refractivity contribution is 6.51. The number of Topliss-reactive ketones (excluding diaryl/α,β-unsaturated/α-hetero) is 1. The summed E-state index contributed by atoms with van der Waals surface area (Å²) in [4.78, 5) is 28.0. The fourth-order valence-corrected chi connectivity index (χ4v) is 4.36. The molecule has 0 aromatic heterocycles.